The molecule has 0 unspecified atom stereocenters. The number of nitrogens with zero attached hydrogens (tertiary/aromatic N) is 5. The van der Waals surface area contributed by atoms with E-state index >= 15 is 0 Å². The topological polar surface area (TPSA) is 67.4 Å². The number of aromatic nitrogens is 2. The van der Waals surface area contributed by atoms with Crippen LogP contribution < -0.4 is 4.90 Å². The summed E-state index contributed by atoms with van der Waals surface area (Å²) in [6.07, 6.45) is 1.51. The van der Waals surface area contributed by atoms with Gasteiger partial charge in [-0.2, -0.15) is 5.10 Å². The zero-order valence-electron chi connectivity index (χ0n) is 15.2. The second-order valence-electron chi connectivity index (χ2n) is 6.60. The number of hydrogen-bond donors (Lipinski definition) is 0. The Morgan fingerprint density at radius 3 is 2.58 bits per heavy atom. The molecule has 0 aliphatic carbocycles. The van der Waals surface area contributed by atoms with Gasteiger partial charge >= 0.3 is 5.69 Å². The Labute approximate surface area is 158 Å². The van der Waals surface area contributed by atoms with Crippen molar-refractivity contribution in [3.63, 3.8) is 0 Å². The van der Waals surface area contributed by atoms with Crippen LogP contribution in [0.1, 0.15) is 24.6 Å². The molecule has 1 fully saturated rings. The minimum Gasteiger partial charge on any atom is -0.350 e. The maximum absolute atomic E-state index is 11.6. The van der Waals surface area contributed by atoms with Crippen molar-refractivity contribution in [2.24, 2.45) is 7.05 Å². The van der Waals surface area contributed by atoms with Crippen molar-refractivity contribution >= 4 is 23.1 Å². The molecule has 0 bridgehead atoms. The summed E-state index contributed by atoms with van der Waals surface area (Å²) in [5.74, 6) is 0.625. The van der Waals surface area contributed by atoms with Crippen molar-refractivity contribution in [2.45, 2.75) is 26.3 Å². The van der Waals surface area contributed by atoms with E-state index in [1.54, 1.807) is 11.7 Å². The van der Waals surface area contributed by atoms with Crippen molar-refractivity contribution < 1.29 is 4.92 Å². The number of hydrogen-bond acceptors (Lipinski definition) is 5. The second kappa shape index (κ2) is 8.05. The molecule has 1 aliphatic heterocycles. The number of aryl methyl sites for hydroxylation is 2. The molecule has 0 amide bonds. The summed E-state index contributed by atoms with van der Waals surface area (Å²) < 4.78 is 1.66. The average molecular weight is 378 g/mol. The van der Waals surface area contributed by atoms with E-state index in [9.17, 15) is 10.1 Å². The fourth-order valence-corrected chi connectivity index (χ4v) is 3.65. The fraction of sp³-hybridized carbons (Fsp3) is 0.500. The lowest BCUT2D eigenvalue weighted by molar-refractivity contribution is -0.384. The summed E-state index contributed by atoms with van der Waals surface area (Å²) in [4.78, 5) is 15.8. The summed E-state index contributed by atoms with van der Waals surface area (Å²) in [5.41, 5.74) is 1.93. The van der Waals surface area contributed by atoms with Gasteiger partial charge in [-0.25, -0.2) is 4.68 Å². The van der Waals surface area contributed by atoms with E-state index in [0.29, 0.717) is 17.9 Å². The predicted octanol–water partition coefficient (Wildman–Crippen LogP) is 3.26. The van der Waals surface area contributed by atoms with E-state index in [1.807, 2.05) is 31.2 Å². The van der Waals surface area contributed by atoms with Gasteiger partial charge in [0.2, 0.25) is 5.82 Å². The number of benzene rings is 1. The Morgan fingerprint density at radius 1 is 1.19 bits per heavy atom. The number of nitro groups is 1. The van der Waals surface area contributed by atoms with Crippen LogP contribution in [0.3, 0.4) is 0 Å². The van der Waals surface area contributed by atoms with Gasteiger partial charge < -0.3 is 4.90 Å². The zero-order chi connectivity index (χ0) is 18.7. The molecule has 1 aromatic heterocycles. The molecule has 0 saturated carbocycles. The van der Waals surface area contributed by atoms with Crippen LogP contribution in [-0.4, -0.2) is 45.8 Å². The second-order valence-corrected chi connectivity index (χ2v) is 7.03. The van der Waals surface area contributed by atoms with E-state index in [2.05, 4.69) is 14.9 Å². The first-order valence-corrected chi connectivity index (χ1v) is 9.29. The largest absolute Gasteiger partial charge is 0.350 e. The third kappa shape index (κ3) is 3.99. The van der Waals surface area contributed by atoms with Crippen LogP contribution in [0.5, 0.6) is 0 Å². The molecule has 0 N–H and O–H groups in total. The number of anilines is 1. The van der Waals surface area contributed by atoms with Crippen molar-refractivity contribution in [3.05, 3.63) is 50.7 Å². The van der Waals surface area contributed by atoms with Crippen LogP contribution in [0.25, 0.3) is 0 Å². The monoisotopic (exact) mass is 377 g/mol. The third-order valence-electron chi connectivity index (χ3n) is 4.79. The standard InChI is InChI=1S/C18H24ClN5O2/c1-3-16-17(24(25)26)18(21(2)20-16)23-10-4-9-22(11-12-23)13-14-5-7-15(19)8-6-14/h5-8H,3-4,9-13H2,1-2H3. The van der Waals surface area contributed by atoms with Gasteiger partial charge in [0.1, 0.15) is 5.69 Å². The molecule has 0 spiro atoms. The number of halogens is 1. The number of rotatable bonds is 5. The maximum Gasteiger partial charge on any atom is 0.334 e. The highest BCUT2D eigenvalue weighted by atomic mass is 35.5. The molecule has 2 aromatic rings. The summed E-state index contributed by atoms with van der Waals surface area (Å²) in [5, 5.41) is 16.7. The Kier molecular flexibility index (Phi) is 5.78. The van der Waals surface area contributed by atoms with Gasteiger partial charge in [0.05, 0.1) is 4.92 Å². The smallest absolute Gasteiger partial charge is 0.334 e. The van der Waals surface area contributed by atoms with E-state index in [4.69, 9.17) is 11.6 Å². The highest BCUT2D eigenvalue weighted by Gasteiger charge is 2.30. The van der Waals surface area contributed by atoms with Crippen molar-refractivity contribution in [1.82, 2.24) is 14.7 Å². The quantitative estimate of drug-likeness (QED) is 0.591. The Morgan fingerprint density at radius 2 is 1.92 bits per heavy atom. The fourth-order valence-electron chi connectivity index (χ4n) is 3.53. The van der Waals surface area contributed by atoms with Crippen molar-refractivity contribution in [1.29, 1.82) is 0 Å². The molecule has 1 saturated heterocycles. The van der Waals surface area contributed by atoms with Crippen LogP contribution in [-0.2, 0) is 20.0 Å². The summed E-state index contributed by atoms with van der Waals surface area (Å²) in [7, 11) is 1.79. The van der Waals surface area contributed by atoms with E-state index in [0.717, 1.165) is 44.2 Å². The molecule has 1 aromatic carbocycles. The molecule has 8 heteroatoms. The van der Waals surface area contributed by atoms with Gasteiger partial charge in [0, 0.05) is 44.8 Å². The third-order valence-corrected chi connectivity index (χ3v) is 5.04. The molecule has 1 aliphatic rings. The molecule has 0 atom stereocenters. The molecule has 26 heavy (non-hydrogen) atoms. The Balaban J connectivity index is 1.74. The zero-order valence-corrected chi connectivity index (χ0v) is 15.9. The van der Waals surface area contributed by atoms with E-state index < -0.39 is 0 Å². The first kappa shape index (κ1) is 18.7. The molecule has 0 radical (unpaired) electrons. The molecule has 7 nitrogen and oxygen atoms in total. The minimum absolute atomic E-state index is 0.154. The summed E-state index contributed by atoms with van der Waals surface area (Å²) in [6, 6.07) is 7.91. The van der Waals surface area contributed by atoms with Crippen molar-refractivity contribution in [2.75, 3.05) is 31.1 Å². The lowest BCUT2D eigenvalue weighted by atomic mass is 10.2. The van der Waals surface area contributed by atoms with Gasteiger partial charge in [-0.3, -0.25) is 15.0 Å². The van der Waals surface area contributed by atoms with Gasteiger partial charge in [-0.1, -0.05) is 30.7 Å². The van der Waals surface area contributed by atoms with Gasteiger partial charge in [0.15, 0.2) is 0 Å². The molecule has 2 heterocycles. The van der Waals surface area contributed by atoms with E-state index in [-0.39, 0.29) is 10.6 Å². The lowest BCUT2D eigenvalue weighted by Gasteiger charge is -2.23. The van der Waals surface area contributed by atoms with E-state index in [1.165, 1.54) is 5.56 Å². The minimum atomic E-state index is -0.294. The van der Waals surface area contributed by atoms with Gasteiger partial charge in [0.25, 0.3) is 0 Å². The highest BCUT2D eigenvalue weighted by Crippen LogP contribution is 2.32. The van der Waals surface area contributed by atoms with Crippen LogP contribution in [0.4, 0.5) is 11.5 Å². The normalized spacial score (nSPS) is 15.9. The molecular weight excluding hydrogens is 354 g/mol. The maximum atomic E-state index is 11.6. The Hall–Kier alpha value is -2.12. The van der Waals surface area contributed by atoms with Gasteiger partial charge in [-0.05, 0) is 30.5 Å². The lowest BCUT2D eigenvalue weighted by Crippen LogP contribution is -2.31. The first-order chi connectivity index (χ1) is 12.5. The van der Waals surface area contributed by atoms with Gasteiger partial charge in [-0.15, -0.1) is 0 Å². The Bertz CT molecular complexity index is 775. The molecule has 3 rings (SSSR count). The molecular formula is C18H24ClN5O2. The molecule has 140 valence electrons. The van der Waals surface area contributed by atoms with Crippen LogP contribution >= 0.6 is 11.6 Å². The van der Waals surface area contributed by atoms with Crippen LogP contribution in [0.15, 0.2) is 24.3 Å². The predicted molar refractivity (Wildman–Crippen MR) is 103 cm³/mol. The average Bonchev–Trinajstić information content (AvgIpc) is 2.79. The van der Waals surface area contributed by atoms with Crippen LogP contribution in [0, 0.1) is 10.1 Å². The first-order valence-electron chi connectivity index (χ1n) is 8.91. The highest BCUT2D eigenvalue weighted by molar-refractivity contribution is 6.30. The van der Waals surface area contributed by atoms with Crippen LogP contribution in [0.2, 0.25) is 5.02 Å². The van der Waals surface area contributed by atoms with Crippen molar-refractivity contribution in [3.8, 4) is 0 Å². The summed E-state index contributed by atoms with van der Waals surface area (Å²) >= 11 is 5.95. The SMILES string of the molecule is CCc1nn(C)c(N2CCCN(Cc3ccc(Cl)cc3)CC2)c1[N+](=O)[O-]. The summed E-state index contributed by atoms with van der Waals surface area (Å²) in [6.45, 7) is 6.11.